The number of hydrogen-bond acceptors (Lipinski definition) is 4. The van der Waals surface area contributed by atoms with Gasteiger partial charge in [-0.1, -0.05) is 19.9 Å². The van der Waals surface area contributed by atoms with Crippen LogP contribution in [0.4, 0.5) is 5.69 Å². The summed E-state index contributed by atoms with van der Waals surface area (Å²) < 4.78 is 0. The normalized spacial score (nSPS) is 16.5. The van der Waals surface area contributed by atoms with E-state index in [1.807, 2.05) is 32.3 Å². The molecule has 1 aromatic heterocycles. The molecule has 0 saturated heterocycles. The first-order valence-corrected chi connectivity index (χ1v) is 9.12. The number of allylic oxidation sites excluding steroid dienone is 2. The fourth-order valence-electron chi connectivity index (χ4n) is 3.52. The highest BCUT2D eigenvalue weighted by molar-refractivity contribution is 6.12. The molecule has 0 atom stereocenters. The van der Waals surface area contributed by atoms with Crippen molar-refractivity contribution in [3.05, 3.63) is 59.1 Å². The van der Waals surface area contributed by atoms with Crippen molar-refractivity contribution in [3.8, 4) is 11.1 Å². The van der Waals surface area contributed by atoms with Gasteiger partial charge in [0, 0.05) is 41.4 Å². The summed E-state index contributed by atoms with van der Waals surface area (Å²) in [7, 11) is 1.90. The maximum absolute atomic E-state index is 8.77. The molecule has 1 heterocycles. The third-order valence-electron chi connectivity index (χ3n) is 5.17. The van der Waals surface area contributed by atoms with Crippen LogP contribution in [0.25, 0.3) is 11.1 Å². The van der Waals surface area contributed by atoms with Gasteiger partial charge in [-0.25, -0.2) is 0 Å². The highest BCUT2D eigenvalue weighted by atomic mass is 14.8. The van der Waals surface area contributed by atoms with Crippen LogP contribution >= 0.6 is 0 Å². The second kappa shape index (κ2) is 6.94. The minimum absolute atomic E-state index is 0.222. The van der Waals surface area contributed by atoms with Crippen molar-refractivity contribution in [3.63, 3.8) is 0 Å². The van der Waals surface area contributed by atoms with Crippen LogP contribution in [0.3, 0.4) is 0 Å². The summed E-state index contributed by atoms with van der Waals surface area (Å²) in [6.45, 7) is 6.46. The van der Waals surface area contributed by atoms with Crippen molar-refractivity contribution in [1.29, 1.82) is 5.41 Å². The number of pyridine rings is 1. The van der Waals surface area contributed by atoms with Gasteiger partial charge in [0.05, 0.1) is 5.71 Å². The van der Waals surface area contributed by atoms with Gasteiger partial charge in [-0.2, -0.15) is 0 Å². The summed E-state index contributed by atoms with van der Waals surface area (Å²) in [5, 5.41) is 12.0. The summed E-state index contributed by atoms with van der Waals surface area (Å²) in [6, 6.07) is 10.3. The lowest BCUT2D eigenvalue weighted by Crippen LogP contribution is -2.25. The van der Waals surface area contributed by atoms with E-state index in [4.69, 9.17) is 11.1 Å². The Bertz CT molecular complexity index is 860. The first-order chi connectivity index (χ1) is 12.3. The van der Waals surface area contributed by atoms with Crippen LogP contribution in [0.2, 0.25) is 0 Å². The van der Waals surface area contributed by atoms with Crippen LogP contribution in [0, 0.1) is 17.7 Å². The largest absolute Gasteiger partial charge is 0.402 e. The summed E-state index contributed by atoms with van der Waals surface area (Å²) >= 11 is 0. The Morgan fingerprint density at radius 3 is 2.58 bits per heavy atom. The maximum Gasteiger partial charge on any atom is 0.0662 e. The molecule has 1 aliphatic carbocycles. The first kappa shape index (κ1) is 18.2. The summed E-state index contributed by atoms with van der Waals surface area (Å²) in [5.74, 6) is 0. The fourth-order valence-corrected chi connectivity index (χ4v) is 3.52. The zero-order valence-electron chi connectivity index (χ0n) is 16.1. The molecule has 0 radical (unpaired) electrons. The molecule has 4 N–H and O–H groups in total. The van der Waals surface area contributed by atoms with E-state index in [0.717, 1.165) is 58.6 Å². The quantitative estimate of drug-likeness (QED) is 0.689. The van der Waals surface area contributed by atoms with E-state index in [-0.39, 0.29) is 5.41 Å². The van der Waals surface area contributed by atoms with Gasteiger partial charge in [-0.3, -0.25) is 10.4 Å². The smallest absolute Gasteiger partial charge is 0.0662 e. The number of aryl methyl sites for hydroxylation is 1. The van der Waals surface area contributed by atoms with Gasteiger partial charge in [0.15, 0.2) is 0 Å². The van der Waals surface area contributed by atoms with Crippen LogP contribution in [0.5, 0.6) is 0 Å². The topological polar surface area (TPSA) is 74.8 Å². The van der Waals surface area contributed by atoms with E-state index in [1.165, 1.54) is 0 Å². The molecule has 0 aliphatic heterocycles. The van der Waals surface area contributed by atoms with E-state index in [1.54, 1.807) is 0 Å². The van der Waals surface area contributed by atoms with Crippen LogP contribution < -0.4 is 11.1 Å². The second-order valence-electron chi connectivity index (χ2n) is 7.96. The third kappa shape index (κ3) is 3.79. The zero-order chi connectivity index (χ0) is 18.9. The van der Waals surface area contributed by atoms with Gasteiger partial charge in [-0.05, 0) is 67.0 Å². The van der Waals surface area contributed by atoms with Crippen molar-refractivity contribution in [2.24, 2.45) is 11.1 Å². The Morgan fingerprint density at radius 2 is 1.96 bits per heavy atom. The number of hydrogen-bond donors (Lipinski definition) is 3. The number of nitrogens with one attached hydrogen (secondary N) is 2. The fraction of sp³-hybridized carbons (Fsp3) is 0.364. The van der Waals surface area contributed by atoms with Crippen LogP contribution in [-0.4, -0.2) is 17.7 Å². The van der Waals surface area contributed by atoms with Crippen molar-refractivity contribution in [2.45, 2.75) is 40.0 Å². The lowest BCUT2D eigenvalue weighted by Gasteiger charge is -2.32. The third-order valence-corrected chi connectivity index (χ3v) is 5.17. The van der Waals surface area contributed by atoms with Gasteiger partial charge >= 0.3 is 0 Å². The Hall–Kier alpha value is -2.62. The Labute approximate surface area is 156 Å². The summed E-state index contributed by atoms with van der Waals surface area (Å²) in [4.78, 5) is 4.40. The van der Waals surface area contributed by atoms with Gasteiger partial charge in [0.25, 0.3) is 0 Å². The zero-order valence-corrected chi connectivity index (χ0v) is 16.1. The molecule has 0 spiro atoms. The molecule has 4 heteroatoms. The van der Waals surface area contributed by atoms with Crippen LogP contribution in [0.1, 0.15) is 44.4 Å². The second-order valence-corrected chi connectivity index (χ2v) is 7.96. The number of aromatic nitrogens is 1. The molecule has 0 saturated carbocycles. The highest BCUT2D eigenvalue weighted by Gasteiger charge is 2.27. The molecule has 0 amide bonds. The highest BCUT2D eigenvalue weighted by Crippen LogP contribution is 2.38. The average Bonchev–Trinajstić information content (AvgIpc) is 2.60. The minimum Gasteiger partial charge on any atom is -0.402 e. The van der Waals surface area contributed by atoms with Crippen molar-refractivity contribution in [1.82, 2.24) is 4.98 Å². The van der Waals surface area contributed by atoms with Gasteiger partial charge in [0.2, 0.25) is 0 Å². The van der Waals surface area contributed by atoms with Crippen LogP contribution in [0.15, 0.2) is 47.8 Å². The molecule has 3 rings (SSSR count). The number of rotatable bonds is 4. The molecule has 0 fully saturated rings. The van der Waals surface area contributed by atoms with Crippen molar-refractivity contribution >= 4 is 11.4 Å². The summed E-state index contributed by atoms with van der Waals surface area (Å²) in [5.41, 5.74) is 13.9. The van der Waals surface area contributed by atoms with E-state index < -0.39 is 0 Å². The predicted molar refractivity (Wildman–Crippen MR) is 110 cm³/mol. The molecule has 136 valence electrons. The number of nitrogens with two attached hydrogens (primary N) is 1. The van der Waals surface area contributed by atoms with Gasteiger partial charge in [0.1, 0.15) is 0 Å². The lowest BCUT2D eigenvalue weighted by molar-refractivity contribution is 0.315. The van der Waals surface area contributed by atoms with Crippen molar-refractivity contribution < 1.29 is 0 Å². The van der Waals surface area contributed by atoms with E-state index in [0.29, 0.717) is 5.71 Å². The molecule has 4 nitrogen and oxygen atoms in total. The lowest BCUT2D eigenvalue weighted by atomic mass is 9.75. The molecule has 0 bridgehead atoms. The number of anilines is 1. The van der Waals surface area contributed by atoms with Gasteiger partial charge < -0.3 is 11.1 Å². The van der Waals surface area contributed by atoms with E-state index in [2.05, 4.69) is 42.3 Å². The SMILES string of the molecule is CNc1cc(C(=N)C2=C(N)CC(C)(C)CC2)cc(-c2ccc(C)nc2)c1. The minimum atomic E-state index is 0.222. The Morgan fingerprint density at radius 1 is 1.19 bits per heavy atom. The average molecular weight is 348 g/mol. The standard InChI is InChI=1S/C22H28N4/c1-14-5-6-15(13-26-14)16-9-17(11-18(10-16)25-4)21(24)19-7-8-22(2,3)12-20(19)23/h5-6,9-11,13,24-25H,7-8,12,23H2,1-4H3. The Balaban J connectivity index is 2.01. The predicted octanol–water partition coefficient (Wildman–Crippen LogP) is 4.89. The molecule has 0 unspecified atom stereocenters. The number of benzene rings is 1. The van der Waals surface area contributed by atoms with Crippen LogP contribution in [-0.2, 0) is 0 Å². The molecule has 1 aromatic carbocycles. The van der Waals surface area contributed by atoms with Gasteiger partial charge in [-0.15, -0.1) is 0 Å². The maximum atomic E-state index is 8.77. The molecule has 2 aromatic rings. The molecular weight excluding hydrogens is 320 g/mol. The Kier molecular flexibility index (Phi) is 4.86. The molecule has 26 heavy (non-hydrogen) atoms. The first-order valence-electron chi connectivity index (χ1n) is 9.12. The molecular formula is C22H28N4. The number of nitrogens with zero attached hydrogens (tertiary/aromatic N) is 1. The van der Waals surface area contributed by atoms with Crippen molar-refractivity contribution in [2.75, 3.05) is 12.4 Å². The van der Waals surface area contributed by atoms with E-state index >= 15 is 0 Å². The monoisotopic (exact) mass is 348 g/mol. The van der Waals surface area contributed by atoms with E-state index in [9.17, 15) is 0 Å². The molecule has 1 aliphatic rings. The summed E-state index contributed by atoms with van der Waals surface area (Å²) in [6.07, 6.45) is 4.66.